The van der Waals surface area contributed by atoms with Crippen LogP contribution >= 0.6 is 0 Å². The zero-order valence-electron chi connectivity index (χ0n) is 17.7. The molecule has 2 aromatic carbocycles. The zero-order valence-corrected chi connectivity index (χ0v) is 18.5. The molecule has 2 amide bonds. The Balaban J connectivity index is 1.69. The maximum absolute atomic E-state index is 12.9. The number of hydrogen-bond donors (Lipinski definition) is 1. The van der Waals surface area contributed by atoms with Crippen molar-refractivity contribution in [1.82, 2.24) is 9.21 Å². The van der Waals surface area contributed by atoms with Crippen LogP contribution in [0.5, 0.6) is 5.75 Å². The molecule has 2 aromatic rings. The van der Waals surface area contributed by atoms with E-state index >= 15 is 0 Å². The molecule has 0 aliphatic carbocycles. The minimum atomic E-state index is -3.85. The van der Waals surface area contributed by atoms with Crippen molar-refractivity contribution in [3.05, 3.63) is 54.1 Å². The Morgan fingerprint density at radius 2 is 1.68 bits per heavy atom. The topological polar surface area (TPSA) is 96.0 Å². The smallest absolute Gasteiger partial charge is 0.255 e. The number of rotatable bonds is 7. The fraction of sp³-hybridized carbons (Fsp3) is 0.364. The fourth-order valence-corrected chi connectivity index (χ4v) is 4.58. The molecule has 1 saturated heterocycles. The lowest BCUT2D eigenvalue weighted by atomic mass is 10.1. The summed E-state index contributed by atoms with van der Waals surface area (Å²) in [6.45, 7) is 1.01. The number of likely N-dealkylation sites (N-methyl/N-ethyl adjacent to an activating group) is 1. The summed E-state index contributed by atoms with van der Waals surface area (Å²) in [5, 5.41) is 2.69. The Labute approximate surface area is 182 Å². The maximum atomic E-state index is 12.9. The molecule has 0 unspecified atom stereocenters. The average molecular weight is 446 g/mol. The van der Waals surface area contributed by atoms with Crippen LogP contribution in [0.4, 0.5) is 5.69 Å². The van der Waals surface area contributed by atoms with Crippen molar-refractivity contribution in [1.29, 1.82) is 0 Å². The first kappa shape index (κ1) is 22.8. The summed E-state index contributed by atoms with van der Waals surface area (Å²) in [5.41, 5.74) is 0.775. The van der Waals surface area contributed by atoms with E-state index in [0.29, 0.717) is 30.1 Å². The minimum Gasteiger partial charge on any atom is -0.497 e. The standard InChI is InChI=1S/C22H27N3O5S/c1-24(31(28,29)18-12-10-17(30-2)11-13-18)16-21(26)23-20-9-5-4-8-19(20)22(27)25-14-6-3-7-15-25/h4-5,8-13H,3,6-7,14-16H2,1-2H3,(H,23,26). The van der Waals surface area contributed by atoms with Crippen LogP contribution in [0.2, 0.25) is 0 Å². The first-order valence-corrected chi connectivity index (χ1v) is 11.6. The number of sulfonamides is 1. The SMILES string of the molecule is COc1ccc(S(=O)(=O)N(C)CC(=O)Nc2ccccc2C(=O)N2CCCCC2)cc1. The third kappa shape index (κ3) is 5.42. The minimum absolute atomic E-state index is 0.0595. The molecule has 1 heterocycles. The summed E-state index contributed by atoms with van der Waals surface area (Å²) in [6.07, 6.45) is 3.04. The van der Waals surface area contributed by atoms with Gasteiger partial charge in [0.05, 0.1) is 29.8 Å². The van der Waals surface area contributed by atoms with Crippen molar-refractivity contribution in [2.24, 2.45) is 0 Å². The van der Waals surface area contributed by atoms with Crippen LogP contribution < -0.4 is 10.1 Å². The van der Waals surface area contributed by atoms with Crippen LogP contribution in [0.3, 0.4) is 0 Å². The number of anilines is 1. The highest BCUT2D eigenvalue weighted by Crippen LogP contribution is 2.21. The Morgan fingerprint density at radius 3 is 2.32 bits per heavy atom. The summed E-state index contributed by atoms with van der Waals surface area (Å²) in [7, 11) is -1.02. The monoisotopic (exact) mass is 445 g/mol. The van der Waals surface area contributed by atoms with Gasteiger partial charge in [0, 0.05) is 20.1 Å². The Kier molecular flexibility index (Phi) is 7.29. The van der Waals surface area contributed by atoms with Crippen LogP contribution in [0.15, 0.2) is 53.4 Å². The number of likely N-dealkylation sites (tertiary alicyclic amines) is 1. The molecule has 166 valence electrons. The zero-order chi connectivity index (χ0) is 22.4. The number of hydrogen-bond acceptors (Lipinski definition) is 5. The van der Waals surface area contributed by atoms with E-state index in [9.17, 15) is 18.0 Å². The van der Waals surface area contributed by atoms with Crippen LogP contribution in [-0.2, 0) is 14.8 Å². The van der Waals surface area contributed by atoms with Crippen molar-refractivity contribution < 1.29 is 22.7 Å². The second-order valence-electron chi connectivity index (χ2n) is 7.38. The van der Waals surface area contributed by atoms with Crippen LogP contribution in [-0.4, -0.2) is 63.2 Å². The lowest BCUT2D eigenvalue weighted by Crippen LogP contribution is -2.37. The van der Waals surface area contributed by atoms with E-state index in [4.69, 9.17) is 4.74 Å². The molecule has 0 spiro atoms. The molecule has 1 N–H and O–H groups in total. The van der Waals surface area contributed by atoms with Gasteiger partial charge < -0.3 is 15.0 Å². The Hall–Kier alpha value is -2.91. The van der Waals surface area contributed by atoms with Gasteiger partial charge in [0.25, 0.3) is 5.91 Å². The molecule has 31 heavy (non-hydrogen) atoms. The van der Waals surface area contributed by atoms with Crippen molar-refractivity contribution in [3.8, 4) is 5.75 Å². The van der Waals surface area contributed by atoms with E-state index in [1.807, 2.05) is 0 Å². The predicted molar refractivity (Wildman–Crippen MR) is 118 cm³/mol. The quantitative estimate of drug-likeness (QED) is 0.707. The van der Waals surface area contributed by atoms with Gasteiger partial charge in [0.15, 0.2) is 0 Å². The van der Waals surface area contributed by atoms with Crippen LogP contribution in [0, 0.1) is 0 Å². The van der Waals surface area contributed by atoms with E-state index in [1.54, 1.807) is 41.3 Å². The maximum Gasteiger partial charge on any atom is 0.255 e. The first-order valence-electron chi connectivity index (χ1n) is 10.1. The van der Waals surface area contributed by atoms with E-state index in [2.05, 4.69) is 5.32 Å². The summed E-state index contributed by atoms with van der Waals surface area (Å²) in [4.78, 5) is 27.3. The average Bonchev–Trinajstić information content (AvgIpc) is 2.79. The molecule has 8 nitrogen and oxygen atoms in total. The van der Waals surface area contributed by atoms with Crippen molar-refractivity contribution in [3.63, 3.8) is 0 Å². The number of nitrogens with one attached hydrogen (secondary N) is 1. The lowest BCUT2D eigenvalue weighted by Gasteiger charge is -2.27. The largest absolute Gasteiger partial charge is 0.497 e. The number of ether oxygens (including phenoxy) is 1. The Morgan fingerprint density at radius 1 is 1.03 bits per heavy atom. The highest BCUT2D eigenvalue weighted by molar-refractivity contribution is 7.89. The normalized spacial score (nSPS) is 14.4. The lowest BCUT2D eigenvalue weighted by molar-refractivity contribution is -0.116. The number of benzene rings is 2. The number of piperidine rings is 1. The third-order valence-corrected chi connectivity index (χ3v) is 7.03. The summed E-state index contributed by atoms with van der Waals surface area (Å²) < 4.78 is 31.5. The van der Waals surface area contributed by atoms with Gasteiger partial charge in [-0.1, -0.05) is 12.1 Å². The fourth-order valence-electron chi connectivity index (χ4n) is 3.45. The number of carbonyl (C=O) groups is 2. The van der Waals surface area contributed by atoms with E-state index < -0.39 is 15.9 Å². The van der Waals surface area contributed by atoms with Gasteiger partial charge in [-0.15, -0.1) is 0 Å². The van der Waals surface area contributed by atoms with Crippen LogP contribution in [0.1, 0.15) is 29.6 Å². The molecular weight excluding hydrogens is 418 g/mol. The van der Waals surface area contributed by atoms with E-state index in [1.165, 1.54) is 26.3 Å². The highest BCUT2D eigenvalue weighted by atomic mass is 32.2. The molecule has 9 heteroatoms. The second kappa shape index (κ2) is 9.93. The molecule has 0 atom stereocenters. The molecule has 1 aliphatic rings. The van der Waals surface area contributed by atoms with Crippen molar-refractivity contribution >= 4 is 27.5 Å². The molecule has 0 aromatic heterocycles. The van der Waals surface area contributed by atoms with Gasteiger partial charge in [-0.3, -0.25) is 9.59 Å². The van der Waals surface area contributed by atoms with Gasteiger partial charge in [-0.05, 0) is 55.7 Å². The molecular formula is C22H27N3O5S. The second-order valence-corrected chi connectivity index (χ2v) is 9.43. The molecule has 1 aliphatic heterocycles. The van der Waals surface area contributed by atoms with Crippen molar-refractivity contribution in [2.45, 2.75) is 24.2 Å². The third-order valence-electron chi connectivity index (χ3n) is 5.21. The van der Waals surface area contributed by atoms with E-state index in [-0.39, 0.29) is 17.3 Å². The number of carbonyl (C=O) groups excluding carboxylic acids is 2. The molecule has 0 radical (unpaired) electrons. The van der Waals surface area contributed by atoms with Gasteiger partial charge in [0.1, 0.15) is 5.75 Å². The van der Waals surface area contributed by atoms with Gasteiger partial charge >= 0.3 is 0 Å². The Bertz CT molecular complexity index is 1030. The summed E-state index contributed by atoms with van der Waals surface area (Å²) in [6, 6.07) is 12.7. The number of nitrogens with zero attached hydrogens (tertiary/aromatic N) is 2. The predicted octanol–water partition coefficient (Wildman–Crippen LogP) is 2.58. The highest BCUT2D eigenvalue weighted by Gasteiger charge is 2.25. The van der Waals surface area contributed by atoms with Gasteiger partial charge in [-0.25, -0.2) is 8.42 Å². The van der Waals surface area contributed by atoms with Gasteiger partial charge in [-0.2, -0.15) is 4.31 Å². The molecule has 0 saturated carbocycles. The number of para-hydroxylation sites is 1. The van der Waals surface area contributed by atoms with Crippen LogP contribution in [0.25, 0.3) is 0 Å². The first-order chi connectivity index (χ1) is 14.8. The van der Waals surface area contributed by atoms with Crippen molar-refractivity contribution in [2.75, 3.05) is 39.1 Å². The molecule has 3 rings (SSSR count). The van der Waals surface area contributed by atoms with Gasteiger partial charge in [0.2, 0.25) is 15.9 Å². The number of amides is 2. The number of methoxy groups -OCH3 is 1. The molecule has 1 fully saturated rings. The van der Waals surface area contributed by atoms with E-state index in [0.717, 1.165) is 23.6 Å². The molecule has 0 bridgehead atoms. The summed E-state index contributed by atoms with van der Waals surface area (Å²) in [5.74, 6) is -0.123. The summed E-state index contributed by atoms with van der Waals surface area (Å²) >= 11 is 0.